The van der Waals surface area contributed by atoms with Crippen molar-refractivity contribution < 1.29 is 0 Å². The van der Waals surface area contributed by atoms with E-state index in [1.54, 1.807) is 32.1 Å². The quantitative estimate of drug-likeness (QED) is 0.581. The van der Waals surface area contributed by atoms with E-state index in [0.29, 0.717) is 0 Å². The number of hydrogen-bond donors (Lipinski definition) is 0. The zero-order valence-corrected chi connectivity index (χ0v) is 8.39. The molecule has 2 fully saturated rings. The molecule has 0 bridgehead atoms. The second-order valence-corrected chi connectivity index (χ2v) is 4.92. The molecule has 0 amide bonds. The molecular weight excluding hydrogens is 144 g/mol. The van der Waals surface area contributed by atoms with Crippen LogP contribution in [0.1, 0.15) is 58.3 Å². The standard InChI is InChI=1S/C12H22/c1-2-4-10-7-8-11-5-3-6-12(11)9-10/h10-12H,2-9H2,1H3. The fourth-order valence-corrected chi connectivity index (χ4v) is 3.47. The first-order chi connectivity index (χ1) is 5.90. The molecule has 3 unspecified atom stereocenters. The smallest absolute Gasteiger partial charge is 0.0383 e. The van der Waals surface area contributed by atoms with Crippen LogP contribution >= 0.6 is 0 Å². The van der Waals surface area contributed by atoms with Gasteiger partial charge >= 0.3 is 0 Å². The Bertz CT molecular complexity index is 139. The van der Waals surface area contributed by atoms with Gasteiger partial charge in [-0.3, -0.25) is 0 Å². The van der Waals surface area contributed by atoms with Crippen LogP contribution in [-0.4, -0.2) is 0 Å². The highest BCUT2D eigenvalue weighted by Crippen LogP contribution is 2.45. The van der Waals surface area contributed by atoms with Crippen molar-refractivity contribution in [3.63, 3.8) is 0 Å². The Morgan fingerprint density at radius 3 is 2.67 bits per heavy atom. The van der Waals surface area contributed by atoms with E-state index in [2.05, 4.69) is 6.92 Å². The fraction of sp³-hybridized carbons (Fsp3) is 1.00. The van der Waals surface area contributed by atoms with Crippen LogP contribution in [0.3, 0.4) is 0 Å². The zero-order valence-electron chi connectivity index (χ0n) is 8.39. The monoisotopic (exact) mass is 166 g/mol. The van der Waals surface area contributed by atoms with Gasteiger partial charge in [0.1, 0.15) is 0 Å². The summed E-state index contributed by atoms with van der Waals surface area (Å²) in [4.78, 5) is 0. The Morgan fingerprint density at radius 2 is 1.83 bits per heavy atom. The average Bonchev–Trinajstić information content (AvgIpc) is 2.51. The number of rotatable bonds is 2. The van der Waals surface area contributed by atoms with Crippen molar-refractivity contribution in [2.75, 3.05) is 0 Å². The van der Waals surface area contributed by atoms with Crippen LogP contribution in [0.15, 0.2) is 0 Å². The Kier molecular flexibility index (Phi) is 2.73. The molecule has 0 spiro atoms. The highest BCUT2D eigenvalue weighted by molar-refractivity contribution is 4.84. The SMILES string of the molecule is CCCC1CCC2CCCC2C1. The van der Waals surface area contributed by atoms with Crippen LogP contribution in [0.25, 0.3) is 0 Å². The first-order valence-corrected chi connectivity index (χ1v) is 5.90. The molecular formula is C12H22. The van der Waals surface area contributed by atoms with Crippen LogP contribution in [-0.2, 0) is 0 Å². The van der Waals surface area contributed by atoms with Crippen LogP contribution in [0, 0.1) is 17.8 Å². The van der Waals surface area contributed by atoms with E-state index >= 15 is 0 Å². The first-order valence-electron chi connectivity index (χ1n) is 5.90. The summed E-state index contributed by atoms with van der Waals surface area (Å²) in [6, 6.07) is 0. The molecule has 0 radical (unpaired) electrons. The van der Waals surface area contributed by atoms with Gasteiger partial charge in [-0.25, -0.2) is 0 Å². The second-order valence-electron chi connectivity index (χ2n) is 4.92. The van der Waals surface area contributed by atoms with E-state index in [1.807, 2.05) is 0 Å². The van der Waals surface area contributed by atoms with Crippen molar-refractivity contribution in [3.8, 4) is 0 Å². The molecule has 0 aromatic carbocycles. The lowest BCUT2D eigenvalue weighted by atomic mass is 9.74. The van der Waals surface area contributed by atoms with Gasteiger partial charge in [0.15, 0.2) is 0 Å². The van der Waals surface area contributed by atoms with Crippen molar-refractivity contribution in [2.45, 2.75) is 58.3 Å². The van der Waals surface area contributed by atoms with E-state index in [9.17, 15) is 0 Å². The lowest BCUT2D eigenvalue weighted by Gasteiger charge is -2.31. The Morgan fingerprint density at radius 1 is 1.00 bits per heavy atom. The van der Waals surface area contributed by atoms with Crippen LogP contribution in [0.2, 0.25) is 0 Å². The molecule has 0 nitrogen and oxygen atoms in total. The minimum absolute atomic E-state index is 1.11. The van der Waals surface area contributed by atoms with Crippen LogP contribution in [0.4, 0.5) is 0 Å². The van der Waals surface area contributed by atoms with Gasteiger partial charge in [0, 0.05) is 0 Å². The molecule has 2 saturated carbocycles. The van der Waals surface area contributed by atoms with E-state index in [1.165, 1.54) is 19.3 Å². The van der Waals surface area contributed by atoms with E-state index < -0.39 is 0 Å². The number of hydrogen-bond acceptors (Lipinski definition) is 0. The molecule has 0 aliphatic heterocycles. The summed E-state index contributed by atoms with van der Waals surface area (Å²) < 4.78 is 0. The molecule has 0 aromatic heterocycles. The van der Waals surface area contributed by atoms with Gasteiger partial charge in [-0.05, 0) is 30.6 Å². The lowest BCUT2D eigenvalue weighted by Crippen LogP contribution is -2.20. The Balaban J connectivity index is 1.84. The molecule has 70 valence electrons. The molecule has 0 heteroatoms. The van der Waals surface area contributed by atoms with Gasteiger partial charge in [-0.2, -0.15) is 0 Å². The van der Waals surface area contributed by atoms with E-state index in [0.717, 1.165) is 17.8 Å². The first kappa shape index (κ1) is 8.59. The Labute approximate surface area is 76.7 Å². The summed E-state index contributed by atoms with van der Waals surface area (Å²) in [7, 11) is 0. The van der Waals surface area contributed by atoms with Gasteiger partial charge in [0.25, 0.3) is 0 Å². The summed E-state index contributed by atoms with van der Waals surface area (Å²) in [5, 5.41) is 0. The van der Waals surface area contributed by atoms with Crippen LogP contribution in [0.5, 0.6) is 0 Å². The molecule has 0 N–H and O–H groups in total. The topological polar surface area (TPSA) is 0 Å². The average molecular weight is 166 g/mol. The molecule has 2 aliphatic rings. The minimum atomic E-state index is 1.11. The normalized spacial score (nSPS) is 41.2. The van der Waals surface area contributed by atoms with Gasteiger partial charge < -0.3 is 0 Å². The highest BCUT2D eigenvalue weighted by Gasteiger charge is 2.32. The largest absolute Gasteiger partial charge is 0.0654 e. The lowest BCUT2D eigenvalue weighted by molar-refractivity contribution is 0.199. The van der Waals surface area contributed by atoms with Gasteiger partial charge in [-0.15, -0.1) is 0 Å². The number of fused-ring (bicyclic) bond motifs is 1. The predicted molar refractivity (Wildman–Crippen MR) is 53.1 cm³/mol. The van der Waals surface area contributed by atoms with Crippen LogP contribution < -0.4 is 0 Å². The third-order valence-electron chi connectivity index (χ3n) is 4.10. The van der Waals surface area contributed by atoms with Crippen molar-refractivity contribution in [3.05, 3.63) is 0 Å². The van der Waals surface area contributed by atoms with Gasteiger partial charge in [-0.1, -0.05) is 45.4 Å². The zero-order chi connectivity index (χ0) is 8.39. The van der Waals surface area contributed by atoms with Crippen molar-refractivity contribution in [1.82, 2.24) is 0 Å². The molecule has 2 rings (SSSR count). The van der Waals surface area contributed by atoms with Crippen molar-refractivity contribution in [2.24, 2.45) is 17.8 Å². The fourth-order valence-electron chi connectivity index (χ4n) is 3.47. The van der Waals surface area contributed by atoms with Gasteiger partial charge in [0.2, 0.25) is 0 Å². The predicted octanol–water partition coefficient (Wildman–Crippen LogP) is 4.00. The molecule has 2 aliphatic carbocycles. The third-order valence-corrected chi connectivity index (χ3v) is 4.10. The molecule has 3 atom stereocenters. The summed E-state index contributed by atoms with van der Waals surface area (Å²) in [5.41, 5.74) is 0. The maximum absolute atomic E-state index is 2.33. The van der Waals surface area contributed by atoms with Crippen molar-refractivity contribution >= 4 is 0 Å². The summed E-state index contributed by atoms with van der Waals surface area (Å²) in [6.45, 7) is 2.33. The van der Waals surface area contributed by atoms with Crippen molar-refractivity contribution in [1.29, 1.82) is 0 Å². The summed E-state index contributed by atoms with van der Waals surface area (Å²) >= 11 is 0. The molecule has 0 saturated heterocycles. The summed E-state index contributed by atoms with van der Waals surface area (Å²) in [6.07, 6.45) is 12.3. The second kappa shape index (κ2) is 3.81. The molecule has 0 heterocycles. The molecule has 12 heavy (non-hydrogen) atoms. The molecule has 0 aromatic rings. The van der Waals surface area contributed by atoms with E-state index in [4.69, 9.17) is 0 Å². The van der Waals surface area contributed by atoms with E-state index in [-0.39, 0.29) is 0 Å². The maximum Gasteiger partial charge on any atom is -0.0383 e. The maximum atomic E-state index is 2.33. The Hall–Kier alpha value is 0. The summed E-state index contributed by atoms with van der Waals surface area (Å²) in [5.74, 6) is 3.41. The highest BCUT2D eigenvalue weighted by atomic mass is 14.4. The third kappa shape index (κ3) is 1.67. The van der Waals surface area contributed by atoms with Gasteiger partial charge in [0.05, 0.1) is 0 Å². The minimum Gasteiger partial charge on any atom is -0.0654 e.